The zero-order valence-corrected chi connectivity index (χ0v) is 13.6. The Labute approximate surface area is 131 Å². The molecule has 0 saturated carbocycles. The first-order valence-corrected chi connectivity index (χ1v) is 7.68. The van der Waals surface area contributed by atoms with E-state index < -0.39 is 0 Å². The lowest BCUT2D eigenvalue weighted by atomic mass is 9.83. The quantitative estimate of drug-likeness (QED) is 0.697. The minimum absolute atomic E-state index is 0.116. The van der Waals surface area contributed by atoms with E-state index in [1.165, 1.54) is 5.56 Å². The number of hydrogen-bond donors (Lipinski definition) is 0. The van der Waals surface area contributed by atoms with Gasteiger partial charge >= 0.3 is 0 Å². The summed E-state index contributed by atoms with van der Waals surface area (Å²) in [4.78, 5) is 4.87. The fraction of sp³-hybridized carbons (Fsp3) is 0.316. The van der Waals surface area contributed by atoms with Crippen molar-refractivity contribution in [3.05, 3.63) is 54.4 Å². The van der Waals surface area contributed by atoms with Gasteiger partial charge in [0, 0.05) is 23.5 Å². The molecule has 22 heavy (non-hydrogen) atoms. The number of aromatic nitrogens is 2. The van der Waals surface area contributed by atoms with Crippen molar-refractivity contribution >= 4 is 5.65 Å². The highest BCUT2D eigenvalue weighted by atomic mass is 16.5. The molecule has 0 N–H and O–H groups in total. The Balaban J connectivity index is 2.11. The molecule has 0 aliphatic rings. The summed E-state index contributed by atoms with van der Waals surface area (Å²) in [5.74, 6) is 0.861. The molecule has 0 bridgehead atoms. The van der Waals surface area contributed by atoms with Crippen LogP contribution in [0.2, 0.25) is 0 Å². The third kappa shape index (κ3) is 2.47. The van der Waals surface area contributed by atoms with E-state index in [2.05, 4.69) is 49.7 Å². The van der Waals surface area contributed by atoms with Gasteiger partial charge in [-0.25, -0.2) is 4.98 Å². The van der Waals surface area contributed by atoms with Crippen LogP contribution in [-0.2, 0) is 5.41 Å². The molecular weight excluding hydrogens is 272 g/mol. The average molecular weight is 294 g/mol. The van der Waals surface area contributed by atoms with Gasteiger partial charge in [-0.3, -0.25) is 0 Å². The van der Waals surface area contributed by atoms with Crippen LogP contribution in [0.5, 0.6) is 5.75 Å². The van der Waals surface area contributed by atoms with Crippen LogP contribution in [0.25, 0.3) is 16.9 Å². The lowest BCUT2D eigenvalue weighted by Crippen LogP contribution is -2.16. The molecule has 0 fully saturated rings. The minimum Gasteiger partial charge on any atom is -0.497 e. The van der Waals surface area contributed by atoms with Gasteiger partial charge in [-0.05, 0) is 42.2 Å². The van der Waals surface area contributed by atoms with Gasteiger partial charge in [0.15, 0.2) is 0 Å². The molecule has 0 radical (unpaired) electrons. The van der Waals surface area contributed by atoms with Crippen molar-refractivity contribution in [1.82, 2.24) is 9.38 Å². The largest absolute Gasteiger partial charge is 0.497 e. The Bertz CT molecular complexity index is 785. The number of pyridine rings is 1. The van der Waals surface area contributed by atoms with Crippen LogP contribution in [0.15, 0.2) is 48.8 Å². The lowest BCUT2D eigenvalue weighted by Gasteiger charge is -2.23. The summed E-state index contributed by atoms with van der Waals surface area (Å²) in [6.07, 6.45) is 5.23. The molecule has 2 heterocycles. The highest BCUT2D eigenvalue weighted by Crippen LogP contribution is 2.31. The first kappa shape index (κ1) is 14.6. The number of methoxy groups -OCH3 is 1. The van der Waals surface area contributed by atoms with Gasteiger partial charge in [-0.15, -0.1) is 0 Å². The molecular formula is C19H22N2O. The van der Waals surface area contributed by atoms with E-state index in [0.717, 1.165) is 29.1 Å². The molecule has 0 saturated heterocycles. The van der Waals surface area contributed by atoms with Crippen molar-refractivity contribution in [2.45, 2.75) is 32.6 Å². The summed E-state index contributed by atoms with van der Waals surface area (Å²) in [5.41, 5.74) is 4.54. The van der Waals surface area contributed by atoms with E-state index in [1.807, 2.05) is 24.3 Å². The molecule has 2 aromatic heterocycles. The average Bonchev–Trinajstić information content (AvgIpc) is 2.98. The molecule has 3 aromatic rings. The van der Waals surface area contributed by atoms with Crippen LogP contribution < -0.4 is 4.74 Å². The van der Waals surface area contributed by atoms with E-state index in [1.54, 1.807) is 7.11 Å². The van der Waals surface area contributed by atoms with Gasteiger partial charge in [0.25, 0.3) is 0 Å². The summed E-state index contributed by atoms with van der Waals surface area (Å²) in [5, 5.41) is 0. The first-order chi connectivity index (χ1) is 10.5. The van der Waals surface area contributed by atoms with Gasteiger partial charge in [-0.1, -0.05) is 26.8 Å². The predicted molar refractivity (Wildman–Crippen MR) is 90.5 cm³/mol. The number of rotatable bonds is 4. The Kier molecular flexibility index (Phi) is 3.65. The monoisotopic (exact) mass is 294 g/mol. The summed E-state index contributed by atoms with van der Waals surface area (Å²) in [7, 11) is 1.68. The third-order valence-corrected chi connectivity index (χ3v) is 4.48. The highest BCUT2D eigenvalue weighted by molar-refractivity contribution is 5.65. The normalized spacial score (nSPS) is 11.8. The van der Waals surface area contributed by atoms with Crippen LogP contribution in [0.4, 0.5) is 0 Å². The first-order valence-electron chi connectivity index (χ1n) is 7.68. The van der Waals surface area contributed by atoms with Gasteiger partial charge in [0.1, 0.15) is 11.4 Å². The number of benzene rings is 1. The van der Waals surface area contributed by atoms with Crippen LogP contribution >= 0.6 is 0 Å². The Morgan fingerprint density at radius 3 is 2.50 bits per heavy atom. The van der Waals surface area contributed by atoms with Crippen LogP contribution in [0.3, 0.4) is 0 Å². The molecule has 3 rings (SSSR count). The maximum Gasteiger partial charge on any atom is 0.141 e. The summed E-state index contributed by atoms with van der Waals surface area (Å²) < 4.78 is 7.33. The summed E-state index contributed by atoms with van der Waals surface area (Å²) in [6.45, 7) is 6.75. The zero-order chi connectivity index (χ0) is 15.7. The maximum atomic E-state index is 5.22. The number of fused-ring (bicyclic) bond motifs is 1. The lowest BCUT2D eigenvalue weighted by molar-refractivity contribution is 0.415. The number of imidazole rings is 1. The topological polar surface area (TPSA) is 26.5 Å². The van der Waals surface area contributed by atoms with Crippen LogP contribution in [-0.4, -0.2) is 16.5 Å². The Morgan fingerprint density at radius 2 is 1.86 bits per heavy atom. The molecule has 0 aliphatic carbocycles. The van der Waals surface area contributed by atoms with Crippen molar-refractivity contribution in [1.29, 1.82) is 0 Å². The molecule has 3 heteroatoms. The van der Waals surface area contributed by atoms with Crippen molar-refractivity contribution in [2.75, 3.05) is 7.11 Å². The van der Waals surface area contributed by atoms with Gasteiger partial charge in [-0.2, -0.15) is 0 Å². The molecule has 0 atom stereocenters. The predicted octanol–water partition coefficient (Wildman–Crippen LogP) is 4.70. The van der Waals surface area contributed by atoms with Crippen molar-refractivity contribution < 1.29 is 4.74 Å². The van der Waals surface area contributed by atoms with E-state index in [9.17, 15) is 0 Å². The fourth-order valence-corrected chi connectivity index (χ4v) is 2.63. The highest BCUT2D eigenvalue weighted by Gasteiger charge is 2.22. The molecule has 0 amide bonds. The molecule has 0 spiro atoms. The molecule has 114 valence electrons. The van der Waals surface area contributed by atoms with Crippen molar-refractivity contribution in [3.8, 4) is 17.0 Å². The molecule has 0 unspecified atom stereocenters. The van der Waals surface area contributed by atoms with Crippen molar-refractivity contribution in [3.63, 3.8) is 0 Å². The van der Waals surface area contributed by atoms with E-state index in [4.69, 9.17) is 9.72 Å². The minimum atomic E-state index is 0.116. The number of hydrogen-bond acceptors (Lipinski definition) is 2. The van der Waals surface area contributed by atoms with Gasteiger partial charge in [0.2, 0.25) is 0 Å². The molecule has 0 aliphatic heterocycles. The Morgan fingerprint density at radius 1 is 1.14 bits per heavy atom. The van der Waals surface area contributed by atoms with Crippen LogP contribution in [0, 0.1) is 0 Å². The van der Waals surface area contributed by atoms with E-state index >= 15 is 0 Å². The maximum absolute atomic E-state index is 5.22. The van der Waals surface area contributed by atoms with Gasteiger partial charge < -0.3 is 9.14 Å². The Hall–Kier alpha value is -2.29. The smallest absolute Gasteiger partial charge is 0.141 e. The van der Waals surface area contributed by atoms with Crippen LogP contribution in [0.1, 0.15) is 32.8 Å². The molecule has 1 aromatic carbocycles. The zero-order valence-electron chi connectivity index (χ0n) is 13.6. The van der Waals surface area contributed by atoms with E-state index in [0.29, 0.717) is 0 Å². The standard InChI is InChI=1S/C19H22N2O/c1-5-19(2,3)16-7-6-12-21-13-17(20-18(16)21)14-8-10-15(22-4)11-9-14/h6-13H,5H2,1-4H3. The second-order valence-corrected chi connectivity index (χ2v) is 6.24. The summed E-state index contributed by atoms with van der Waals surface area (Å²) >= 11 is 0. The molecule has 3 nitrogen and oxygen atoms in total. The number of ether oxygens (including phenoxy) is 1. The second kappa shape index (κ2) is 5.48. The second-order valence-electron chi connectivity index (χ2n) is 6.24. The third-order valence-electron chi connectivity index (χ3n) is 4.48. The fourth-order valence-electron chi connectivity index (χ4n) is 2.63. The summed E-state index contributed by atoms with van der Waals surface area (Å²) in [6, 6.07) is 12.3. The van der Waals surface area contributed by atoms with E-state index in [-0.39, 0.29) is 5.41 Å². The van der Waals surface area contributed by atoms with Crippen molar-refractivity contribution in [2.24, 2.45) is 0 Å². The number of nitrogens with zero attached hydrogens (tertiary/aromatic N) is 2. The SMILES string of the molecule is CCC(C)(C)c1cccn2cc(-c3ccc(OC)cc3)nc12. The van der Waals surface area contributed by atoms with Gasteiger partial charge in [0.05, 0.1) is 12.8 Å².